The van der Waals surface area contributed by atoms with Crippen molar-refractivity contribution in [2.75, 3.05) is 5.32 Å². The number of anilines is 1. The van der Waals surface area contributed by atoms with Gasteiger partial charge in [0.25, 0.3) is 0 Å². The van der Waals surface area contributed by atoms with Crippen molar-refractivity contribution in [3.63, 3.8) is 0 Å². The molecule has 0 aromatic carbocycles. The van der Waals surface area contributed by atoms with Crippen molar-refractivity contribution in [1.82, 2.24) is 24.5 Å². The van der Waals surface area contributed by atoms with Gasteiger partial charge < -0.3 is 0 Å². The van der Waals surface area contributed by atoms with E-state index in [1.165, 1.54) is 16.0 Å². The quantitative estimate of drug-likeness (QED) is 0.905. The smallest absolute Gasteiger partial charge is 0.299 e. The summed E-state index contributed by atoms with van der Waals surface area (Å²) in [5.41, 5.74) is -0.201. The number of carbonyl (C=O) groups excluding carboxylic acids is 1. The summed E-state index contributed by atoms with van der Waals surface area (Å²) >= 11 is 1.41. The number of hydrogen-bond donors (Lipinski definition) is 1. The van der Waals surface area contributed by atoms with E-state index in [9.17, 15) is 9.59 Å². The Morgan fingerprint density at radius 1 is 1.26 bits per heavy atom. The number of aromatic nitrogens is 5. The largest absolute Gasteiger partial charge is 0.346 e. The second-order valence-corrected chi connectivity index (χ2v) is 7.10. The van der Waals surface area contributed by atoms with Gasteiger partial charge >= 0.3 is 5.69 Å². The van der Waals surface area contributed by atoms with Crippen LogP contribution in [0.5, 0.6) is 0 Å². The first-order valence-corrected chi connectivity index (χ1v) is 8.82. The van der Waals surface area contributed by atoms with Crippen LogP contribution in [-0.4, -0.2) is 30.5 Å². The maximum absolute atomic E-state index is 12.3. The average molecular weight is 334 g/mol. The molecule has 1 saturated carbocycles. The highest BCUT2D eigenvalue weighted by atomic mass is 32.1. The Labute approximate surface area is 136 Å². The molecule has 0 spiro atoms. The number of aryl methyl sites for hydroxylation is 1. The Kier molecular flexibility index (Phi) is 3.72. The number of rotatable bonds is 4. The summed E-state index contributed by atoms with van der Waals surface area (Å²) in [4.78, 5) is 24.4. The molecule has 122 valence electrons. The Balaban J connectivity index is 1.44. The molecule has 0 radical (unpaired) electrons. The van der Waals surface area contributed by atoms with Gasteiger partial charge in [0.15, 0.2) is 0 Å². The van der Waals surface area contributed by atoms with Crippen LogP contribution < -0.4 is 11.0 Å². The first kappa shape index (κ1) is 14.6. The van der Waals surface area contributed by atoms with Crippen molar-refractivity contribution >= 4 is 22.4 Å². The van der Waals surface area contributed by atoms with E-state index in [1.54, 1.807) is 4.57 Å². The Hall–Kier alpha value is -2.03. The van der Waals surface area contributed by atoms with Gasteiger partial charge in [-0.2, -0.15) is 5.10 Å². The van der Waals surface area contributed by atoms with E-state index in [-0.39, 0.29) is 18.1 Å². The predicted molar refractivity (Wildman–Crippen MR) is 84.6 cm³/mol. The average Bonchev–Trinajstić information content (AvgIpc) is 3.26. The van der Waals surface area contributed by atoms with Crippen LogP contribution in [-0.2, 0) is 24.3 Å². The fourth-order valence-electron chi connectivity index (χ4n) is 2.80. The standard InChI is InChI=1S/C14H18N6O2S/c21-11(15-13-17-16-12(23-13)9-5-6-9)8-20-14(22)19-7-3-1-2-4-10(19)18-20/h9H,1-8H2,(H,15,17,21). The molecule has 4 rings (SSSR count). The molecule has 1 aliphatic carbocycles. The van der Waals surface area contributed by atoms with Crippen molar-refractivity contribution in [2.45, 2.75) is 57.5 Å². The summed E-state index contributed by atoms with van der Waals surface area (Å²) < 4.78 is 2.94. The van der Waals surface area contributed by atoms with E-state index in [0.717, 1.165) is 49.4 Å². The van der Waals surface area contributed by atoms with Gasteiger partial charge in [-0.05, 0) is 25.7 Å². The fourth-order valence-corrected chi connectivity index (χ4v) is 3.73. The van der Waals surface area contributed by atoms with Gasteiger partial charge in [-0.25, -0.2) is 9.48 Å². The zero-order valence-corrected chi connectivity index (χ0v) is 13.5. The first-order chi connectivity index (χ1) is 11.2. The highest BCUT2D eigenvalue weighted by molar-refractivity contribution is 7.15. The van der Waals surface area contributed by atoms with Crippen LogP contribution in [0.1, 0.15) is 48.9 Å². The van der Waals surface area contributed by atoms with Crippen LogP contribution >= 0.6 is 11.3 Å². The molecule has 0 bridgehead atoms. The van der Waals surface area contributed by atoms with Gasteiger partial charge in [-0.15, -0.1) is 10.2 Å². The second kappa shape index (κ2) is 5.88. The van der Waals surface area contributed by atoms with Crippen LogP contribution in [0.2, 0.25) is 0 Å². The molecule has 2 aromatic heterocycles. The molecule has 1 N–H and O–H groups in total. The molecule has 2 aliphatic rings. The third kappa shape index (κ3) is 3.05. The van der Waals surface area contributed by atoms with Gasteiger partial charge in [0, 0.05) is 18.9 Å². The van der Waals surface area contributed by atoms with Crippen LogP contribution in [0.15, 0.2) is 4.79 Å². The molecule has 8 nitrogen and oxygen atoms in total. The number of amides is 1. The summed E-state index contributed by atoms with van der Waals surface area (Å²) in [5, 5.41) is 16.6. The normalized spacial score (nSPS) is 17.6. The van der Waals surface area contributed by atoms with Crippen LogP contribution in [0, 0.1) is 0 Å². The molecular formula is C14H18N6O2S. The lowest BCUT2D eigenvalue weighted by Gasteiger charge is -2.00. The van der Waals surface area contributed by atoms with Crippen LogP contribution in [0.3, 0.4) is 0 Å². The van der Waals surface area contributed by atoms with E-state index >= 15 is 0 Å². The van der Waals surface area contributed by atoms with Crippen LogP contribution in [0.25, 0.3) is 0 Å². The van der Waals surface area contributed by atoms with E-state index in [4.69, 9.17) is 0 Å². The minimum atomic E-state index is -0.293. The van der Waals surface area contributed by atoms with Gasteiger partial charge in [0.05, 0.1) is 0 Å². The summed E-state index contributed by atoms with van der Waals surface area (Å²) in [5.74, 6) is 1.01. The lowest BCUT2D eigenvalue weighted by molar-refractivity contribution is -0.117. The van der Waals surface area contributed by atoms with Crippen molar-refractivity contribution in [3.8, 4) is 0 Å². The minimum absolute atomic E-state index is 0.0861. The first-order valence-electron chi connectivity index (χ1n) is 8.00. The van der Waals surface area contributed by atoms with Crippen LogP contribution in [0.4, 0.5) is 5.13 Å². The topological polar surface area (TPSA) is 94.7 Å². The third-order valence-electron chi connectivity index (χ3n) is 4.19. The third-order valence-corrected chi connectivity index (χ3v) is 5.19. The molecular weight excluding hydrogens is 316 g/mol. The highest BCUT2D eigenvalue weighted by Crippen LogP contribution is 2.41. The predicted octanol–water partition coefficient (Wildman–Crippen LogP) is 1.14. The second-order valence-electron chi connectivity index (χ2n) is 6.09. The van der Waals surface area contributed by atoms with Gasteiger partial charge in [0.1, 0.15) is 17.4 Å². The number of nitrogens with one attached hydrogen (secondary N) is 1. The highest BCUT2D eigenvalue weighted by Gasteiger charge is 2.27. The Morgan fingerprint density at radius 3 is 2.96 bits per heavy atom. The van der Waals surface area contributed by atoms with Gasteiger partial charge in [-0.1, -0.05) is 17.8 Å². The molecule has 1 amide bonds. The minimum Gasteiger partial charge on any atom is -0.299 e. The summed E-state index contributed by atoms with van der Waals surface area (Å²) in [6.45, 7) is 0.605. The lowest BCUT2D eigenvalue weighted by atomic mass is 10.2. The van der Waals surface area contributed by atoms with Gasteiger partial charge in [0.2, 0.25) is 11.0 Å². The zero-order valence-electron chi connectivity index (χ0n) is 12.7. The maximum atomic E-state index is 12.3. The van der Waals surface area contributed by atoms with Gasteiger partial charge in [-0.3, -0.25) is 14.7 Å². The van der Waals surface area contributed by atoms with E-state index in [0.29, 0.717) is 17.6 Å². The number of nitrogens with zero attached hydrogens (tertiary/aromatic N) is 5. The van der Waals surface area contributed by atoms with E-state index in [1.807, 2.05) is 0 Å². The zero-order chi connectivity index (χ0) is 15.8. The van der Waals surface area contributed by atoms with Crippen molar-refractivity contribution in [3.05, 3.63) is 21.3 Å². The van der Waals surface area contributed by atoms with Crippen molar-refractivity contribution < 1.29 is 4.79 Å². The van der Waals surface area contributed by atoms with E-state index in [2.05, 4.69) is 20.6 Å². The number of hydrogen-bond acceptors (Lipinski definition) is 6. The molecule has 2 aromatic rings. The summed E-state index contributed by atoms with van der Waals surface area (Å²) in [7, 11) is 0. The van der Waals surface area contributed by atoms with Crippen molar-refractivity contribution in [2.24, 2.45) is 0 Å². The summed E-state index contributed by atoms with van der Waals surface area (Å²) in [6, 6.07) is 0. The molecule has 0 atom stereocenters. The number of carbonyl (C=O) groups is 1. The monoisotopic (exact) mass is 334 g/mol. The number of fused-ring (bicyclic) bond motifs is 1. The Morgan fingerprint density at radius 2 is 2.13 bits per heavy atom. The fraction of sp³-hybridized carbons (Fsp3) is 0.643. The molecule has 9 heteroatoms. The molecule has 3 heterocycles. The molecule has 1 aliphatic heterocycles. The van der Waals surface area contributed by atoms with E-state index < -0.39 is 0 Å². The summed E-state index contributed by atoms with van der Waals surface area (Å²) in [6.07, 6.45) is 6.24. The molecule has 1 fully saturated rings. The molecule has 0 saturated heterocycles. The van der Waals surface area contributed by atoms with Crippen molar-refractivity contribution in [1.29, 1.82) is 0 Å². The molecule has 23 heavy (non-hydrogen) atoms. The SMILES string of the molecule is O=C(Cn1nc2n(c1=O)CCCCC2)Nc1nnc(C2CC2)s1. The maximum Gasteiger partial charge on any atom is 0.346 e. The Bertz CT molecular complexity index is 788. The lowest BCUT2D eigenvalue weighted by Crippen LogP contribution is -2.30. The molecule has 0 unspecified atom stereocenters.